The third-order valence-corrected chi connectivity index (χ3v) is 4.15. The van der Waals surface area contributed by atoms with Gasteiger partial charge in [0.1, 0.15) is 0 Å². The van der Waals surface area contributed by atoms with Crippen LogP contribution in [0.2, 0.25) is 0 Å². The van der Waals surface area contributed by atoms with Crippen molar-refractivity contribution in [2.45, 2.75) is 39.7 Å². The first-order chi connectivity index (χ1) is 11.0. The lowest BCUT2D eigenvalue weighted by atomic mass is 9.99. The Morgan fingerprint density at radius 3 is 2.35 bits per heavy atom. The van der Waals surface area contributed by atoms with Crippen molar-refractivity contribution >= 4 is 17.5 Å². The fourth-order valence-corrected chi connectivity index (χ4v) is 2.63. The minimum absolute atomic E-state index is 0.0786. The van der Waals surface area contributed by atoms with Crippen molar-refractivity contribution in [1.82, 2.24) is 10.2 Å². The van der Waals surface area contributed by atoms with Crippen molar-refractivity contribution in [2.75, 3.05) is 25.0 Å². The van der Waals surface area contributed by atoms with E-state index in [0.29, 0.717) is 12.1 Å². The van der Waals surface area contributed by atoms with Gasteiger partial charge in [0.2, 0.25) is 5.91 Å². The molecule has 5 nitrogen and oxygen atoms in total. The number of carbonyl (C=O) groups is 2. The van der Waals surface area contributed by atoms with Crippen LogP contribution in [0.5, 0.6) is 0 Å². The maximum Gasteiger partial charge on any atom is 0.251 e. The molecule has 0 saturated carbocycles. The van der Waals surface area contributed by atoms with Crippen LogP contribution >= 0.6 is 0 Å². The summed E-state index contributed by atoms with van der Waals surface area (Å²) in [6.45, 7) is 8.11. The molecule has 0 radical (unpaired) electrons. The second-order valence-electron chi connectivity index (χ2n) is 6.62. The first-order valence-electron chi connectivity index (χ1n) is 8.38. The zero-order valence-corrected chi connectivity index (χ0v) is 14.3. The van der Waals surface area contributed by atoms with Crippen LogP contribution in [0.1, 0.15) is 44.0 Å². The minimum Gasteiger partial charge on any atom is -0.376 e. The predicted molar refractivity (Wildman–Crippen MR) is 92.5 cm³/mol. The molecule has 1 aliphatic rings. The summed E-state index contributed by atoms with van der Waals surface area (Å²) < 4.78 is 0. The van der Waals surface area contributed by atoms with E-state index < -0.39 is 0 Å². The number of anilines is 1. The number of rotatable bonds is 5. The quantitative estimate of drug-likeness (QED) is 0.877. The van der Waals surface area contributed by atoms with Gasteiger partial charge >= 0.3 is 0 Å². The Kier molecular flexibility index (Phi) is 6.02. The molecule has 0 aliphatic carbocycles. The lowest BCUT2D eigenvalue weighted by Gasteiger charge is -2.30. The van der Waals surface area contributed by atoms with Gasteiger partial charge in [-0.25, -0.2) is 0 Å². The molecule has 0 spiro atoms. The Morgan fingerprint density at radius 1 is 1.17 bits per heavy atom. The fourth-order valence-electron chi connectivity index (χ4n) is 2.63. The number of nitrogens with zero attached hydrogens (tertiary/aromatic N) is 1. The lowest BCUT2D eigenvalue weighted by Crippen LogP contribution is -2.40. The lowest BCUT2D eigenvalue weighted by molar-refractivity contribution is -0.130. The van der Waals surface area contributed by atoms with Gasteiger partial charge in [-0.1, -0.05) is 6.92 Å². The Labute approximate surface area is 138 Å². The average molecular weight is 317 g/mol. The minimum atomic E-state index is -0.0786. The number of likely N-dealkylation sites (tertiary alicyclic amines) is 1. The largest absolute Gasteiger partial charge is 0.376 e. The van der Waals surface area contributed by atoms with E-state index in [1.807, 2.05) is 30.9 Å². The van der Waals surface area contributed by atoms with Crippen LogP contribution in [-0.4, -0.2) is 42.4 Å². The normalized spacial score (nSPS) is 15.6. The number of benzene rings is 1. The summed E-state index contributed by atoms with van der Waals surface area (Å²) in [5, 5.41) is 5.99. The van der Waals surface area contributed by atoms with E-state index in [1.54, 1.807) is 12.1 Å². The number of carbonyl (C=O) groups excluding carboxylic acids is 2. The highest BCUT2D eigenvalue weighted by Crippen LogP contribution is 2.16. The SMILES string of the molecule is CC1CCN(C(=O)CNc2ccc(C(=O)NC(C)C)cc2)CC1. The molecule has 1 heterocycles. The molecule has 1 saturated heterocycles. The summed E-state index contributed by atoms with van der Waals surface area (Å²) in [5.74, 6) is 0.778. The molecule has 126 valence electrons. The van der Waals surface area contributed by atoms with E-state index in [0.717, 1.165) is 37.5 Å². The van der Waals surface area contributed by atoms with Crippen LogP contribution in [0.4, 0.5) is 5.69 Å². The van der Waals surface area contributed by atoms with Gasteiger partial charge in [0, 0.05) is 30.4 Å². The number of nitrogens with one attached hydrogen (secondary N) is 2. The van der Waals surface area contributed by atoms with Crippen LogP contribution < -0.4 is 10.6 Å². The highest BCUT2D eigenvalue weighted by Gasteiger charge is 2.19. The van der Waals surface area contributed by atoms with Crippen molar-refractivity contribution in [2.24, 2.45) is 5.92 Å². The molecular weight excluding hydrogens is 290 g/mol. The van der Waals surface area contributed by atoms with Crippen LogP contribution in [0.15, 0.2) is 24.3 Å². The highest BCUT2D eigenvalue weighted by atomic mass is 16.2. The van der Waals surface area contributed by atoms with Crippen molar-refractivity contribution in [3.63, 3.8) is 0 Å². The molecule has 0 atom stereocenters. The molecule has 2 N–H and O–H groups in total. The fraction of sp³-hybridized carbons (Fsp3) is 0.556. The van der Waals surface area contributed by atoms with Crippen molar-refractivity contribution in [1.29, 1.82) is 0 Å². The van der Waals surface area contributed by atoms with Gasteiger partial charge in [-0.3, -0.25) is 9.59 Å². The highest BCUT2D eigenvalue weighted by molar-refractivity contribution is 5.94. The Hall–Kier alpha value is -2.04. The van der Waals surface area contributed by atoms with Gasteiger partial charge in [-0.05, 0) is 56.9 Å². The molecule has 2 amide bonds. The third kappa shape index (κ3) is 5.27. The summed E-state index contributed by atoms with van der Waals surface area (Å²) in [6, 6.07) is 7.33. The van der Waals surface area contributed by atoms with Crippen molar-refractivity contribution < 1.29 is 9.59 Å². The molecule has 2 rings (SSSR count). The summed E-state index contributed by atoms with van der Waals surface area (Å²) in [7, 11) is 0. The first kappa shape index (κ1) is 17.3. The topological polar surface area (TPSA) is 61.4 Å². The number of amides is 2. The Morgan fingerprint density at radius 2 is 1.78 bits per heavy atom. The van der Waals surface area contributed by atoms with Gasteiger partial charge in [0.25, 0.3) is 5.91 Å². The third-order valence-electron chi connectivity index (χ3n) is 4.15. The van der Waals surface area contributed by atoms with E-state index in [9.17, 15) is 9.59 Å². The van der Waals surface area contributed by atoms with Crippen LogP contribution in [0.3, 0.4) is 0 Å². The molecule has 1 aliphatic heterocycles. The maximum absolute atomic E-state index is 12.2. The first-order valence-corrected chi connectivity index (χ1v) is 8.38. The van der Waals surface area contributed by atoms with Crippen molar-refractivity contribution in [3.8, 4) is 0 Å². The molecule has 0 unspecified atom stereocenters. The second kappa shape index (κ2) is 7.99. The molecule has 1 aromatic carbocycles. The smallest absolute Gasteiger partial charge is 0.251 e. The molecular formula is C18H27N3O2. The van der Waals surface area contributed by atoms with Gasteiger partial charge in [0.05, 0.1) is 6.54 Å². The van der Waals surface area contributed by atoms with Crippen LogP contribution in [0.25, 0.3) is 0 Å². The molecule has 0 aromatic heterocycles. The summed E-state index contributed by atoms with van der Waals surface area (Å²) in [6.07, 6.45) is 2.18. The van der Waals surface area contributed by atoms with E-state index in [4.69, 9.17) is 0 Å². The number of piperidine rings is 1. The Bertz CT molecular complexity index is 532. The number of hydrogen-bond acceptors (Lipinski definition) is 3. The van der Waals surface area contributed by atoms with Gasteiger partial charge in [-0.2, -0.15) is 0 Å². The van der Waals surface area contributed by atoms with E-state index >= 15 is 0 Å². The van der Waals surface area contributed by atoms with Crippen molar-refractivity contribution in [3.05, 3.63) is 29.8 Å². The average Bonchev–Trinajstić information content (AvgIpc) is 2.53. The predicted octanol–water partition coefficient (Wildman–Crippen LogP) is 2.50. The second-order valence-corrected chi connectivity index (χ2v) is 6.62. The summed E-state index contributed by atoms with van der Waals surface area (Å²) in [4.78, 5) is 26.0. The summed E-state index contributed by atoms with van der Waals surface area (Å²) >= 11 is 0. The molecule has 1 aromatic rings. The van der Waals surface area contributed by atoms with Gasteiger partial charge in [0.15, 0.2) is 0 Å². The van der Waals surface area contributed by atoms with Crippen LogP contribution in [0, 0.1) is 5.92 Å². The zero-order chi connectivity index (χ0) is 16.8. The monoisotopic (exact) mass is 317 g/mol. The van der Waals surface area contributed by atoms with Gasteiger partial charge in [-0.15, -0.1) is 0 Å². The molecule has 1 fully saturated rings. The van der Waals surface area contributed by atoms with E-state index in [-0.39, 0.29) is 17.9 Å². The summed E-state index contributed by atoms with van der Waals surface area (Å²) in [5.41, 5.74) is 1.48. The van der Waals surface area contributed by atoms with Crippen LogP contribution in [-0.2, 0) is 4.79 Å². The Balaban J connectivity index is 1.82. The van der Waals surface area contributed by atoms with E-state index in [2.05, 4.69) is 17.6 Å². The zero-order valence-electron chi connectivity index (χ0n) is 14.3. The van der Waals surface area contributed by atoms with E-state index in [1.165, 1.54) is 0 Å². The van der Waals surface area contributed by atoms with Gasteiger partial charge < -0.3 is 15.5 Å². The molecule has 23 heavy (non-hydrogen) atoms. The maximum atomic E-state index is 12.2. The molecule has 5 heteroatoms. The number of hydrogen-bond donors (Lipinski definition) is 2. The standard InChI is InChI=1S/C18H27N3O2/c1-13(2)20-18(23)15-4-6-16(7-5-15)19-12-17(22)21-10-8-14(3)9-11-21/h4-7,13-14,19H,8-12H2,1-3H3,(H,20,23). The molecule has 0 bridgehead atoms.